The summed E-state index contributed by atoms with van der Waals surface area (Å²) in [6, 6.07) is 0. The predicted molar refractivity (Wildman–Crippen MR) is 62.2 cm³/mol. The Labute approximate surface area is 114 Å². The number of halogens is 3. The molecule has 1 saturated heterocycles. The fourth-order valence-electron chi connectivity index (χ4n) is 2.25. The van der Waals surface area contributed by atoms with Gasteiger partial charge in [0.25, 0.3) is 0 Å². The van der Waals surface area contributed by atoms with Gasteiger partial charge in [-0.2, -0.15) is 13.2 Å². The maximum Gasteiger partial charge on any atom is 0.414 e. The van der Waals surface area contributed by atoms with E-state index in [2.05, 4.69) is 4.84 Å². The van der Waals surface area contributed by atoms with E-state index in [1.165, 1.54) is 0 Å². The quantitative estimate of drug-likeness (QED) is 0.794. The lowest BCUT2D eigenvalue weighted by molar-refractivity contribution is -0.193. The highest BCUT2D eigenvalue weighted by molar-refractivity contribution is 5.83. The number of amides is 2. The van der Waals surface area contributed by atoms with Crippen LogP contribution in [-0.2, 0) is 14.4 Å². The molecule has 8 heteroatoms. The van der Waals surface area contributed by atoms with Crippen LogP contribution in [0.1, 0.15) is 25.7 Å². The zero-order valence-corrected chi connectivity index (χ0v) is 10.9. The van der Waals surface area contributed by atoms with Crippen LogP contribution in [-0.4, -0.2) is 42.6 Å². The van der Waals surface area contributed by atoms with Crippen molar-refractivity contribution in [3.05, 3.63) is 0 Å². The molecule has 1 aliphatic carbocycles. The van der Waals surface area contributed by atoms with Crippen LogP contribution in [0.4, 0.5) is 13.2 Å². The number of carbonyl (C=O) groups excluding carboxylic acids is 2. The van der Waals surface area contributed by atoms with Crippen LogP contribution in [0.3, 0.4) is 0 Å². The fraction of sp³-hybridized carbons (Fsp3) is 0.833. The van der Waals surface area contributed by atoms with Gasteiger partial charge in [-0.25, -0.2) is 5.48 Å². The van der Waals surface area contributed by atoms with Gasteiger partial charge < -0.3 is 4.90 Å². The predicted octanol–water partition coefficient (Wildman–Crippen LogP) is 1.25. The molecule has 2 rings (SSSR count). The summed E-state index contributed by atoms with van der Waals surface area (Å²) in [4.78, 5) is 29.4. The molecule has 1 unspecified atom stereocenters. The van der Waals surface area contributed by atoms with Crippen molar-refractivity contribution in [2.75, 3.05) is 19.7 Å². The number of alkyl halides is 3. The smallest absolute Gasteiger partial charge is 0.342 e. The van der Waals surface area contributed by atoms with Gasteiger partial charge in [-0.15, -0.1) is 0 Å². The maximum atomic E-state index is 11.9. The molecule has 0 radical (unpaired) electrons. The van der Waals surface area contributed by atoms with E-state index in [1.807, 2.05) is 5.48 Å². The summed E-state index contributed by atoms with van der Waals surface area (Å²) in [6.07, 6.45) is -1.47. The highest BCUT2D eigenvalue weighted by Crippen LogP contribution is 2.32. The van der Waals surface area contributed by atoms with Gasteiger partial charge >= 0.3 is 6.18 Å². The molecule has 20 heavy (non-hydrogen) atoms. The molecular formula is C12H17F3N2O3. The van der Waals surface area contributed by atoms with Crippen LogP contribution in [0, 0.1) is 11.8 Å². The number of likely N-dealkylation sites (tertiary alicyclic amines) is 1. The standard InChI is InChI=1S/C12H17F3N2O3/c13-12(14,15)7-20-16-10(18)9-2-1-5-17(6-9)11(19)8-3-4-8/h8-9H,1-7H2,(H,16,18). The first-order chi connectivity index (χ1) is 9.37. The minimum atomic E-state index is -4.48. The molecule has 0 spiro atoms. The van der Waals surface area contributed by atoms with Crippen molar-refractivity contribution < 1.29 is 27.6 Å². The van der Waals surface area contributed by atoms with Crippen molar-refractivity contribution >= 4 is 11.8 Å². The molecule has 0 bridgehead atoms. The number of carbonyl (C=O) groups is 2. The Bertz CT molecular complexity index is 383. The zero-order chi connectivity index (χ0) is 14.8. The third kappa shape index (κ3) is 4.36. The fourth-order valence-corrected chi connectivity index (χ4v) is 2.25. The minimum Gasteiger partial charge on any atom is -0.342 e. The second-order valence-corrected chi connectivity index (χ2v) is 5.27. The Hall–Kier alpha value is -1.31. The molecule has 1 aliphatic heterocycles. The molecule has 2 fully saturated rings. The number of hydrogen-bond donors (Lipinski definition) is 1. The monoisotopic (exact) mass is 294 g/mol. The normalized spacial score (nSPS) is 23.6. The van der Waals surface area contributed by atoms with Gasteiger partial charge in [0.05, 0.1) is 5.92 Å². The van der Waals surface area contributed by atoms with Gasteiger partial charge in [-0.3, -0.25) is 14.4 Å². The van der Waals surface area contributed by atoms with Crippen LogP contribution in [0.25, 0.3) is 0 Å². The van der Waals surface area contributed by atoms with Gasteiger partial charge in [0.15, 0.2) is 6.61 Å². The van der Waals surface area contributed by atoms with Gasteiger partial charge in [-0.05, 0) is 25.7 Å². The molecule has 0 aromatic heterocycles. The highest BCUT2D eigenvalue weighted by Gasteiger charge is 2.37. The second-order valence-electron chi connectivity index (χ2n) is 5.27. The van der Waals surface area contributed by atoms with Crippen LogP contribution < -0.4 is 5.48 Å². The summed E-state index contributed by atoms with van der Waals surface area (Å²) >= 11 is 0. The summed E-state index contributed by atoms with van der Waals surface area (Å²) in [7, 11) is 0. The largest absolute Gasteiger partial charge is 0.414 e. The van der Waals surface area contributed by atoms with Crippen molar-refractivity contribution in [1.82, 2.24) is 10.4 Å². The second kappa shape index (κ2) is 5.99. The summed E-state index contributed by atoms with van der Waals surface area (Å²) in [5.74, 6) is -0.959. The molecule has 2 aliphatic rings. The molecule has 114 valence electrons. The number of nitrogens with zero attached hydrogens (tertiary/aromatic N) is 1. The van der Waals surface area contributed by atoms with Crippen molar-refractivity contribution in [3.8, 4) is 0 Å². The van der Waals surface area contributed by atoms with E-state index in [0.29, 0.717) is 19.4 Å². The van der Waals surface area contributed by atoms with Crippen molar-refractivity contribution in [2.45, 2.75) is 31.9 Å². The molecule has 1 N–H and O–H groups in total. The van der Waals surface area contributed by atoms with Crippen LogP contribution in [0.15, 0.2) is 0 Å². The van der Waals surface area contributed by atoms with Crippen LogP contribution >= 0.6 is 0 Å². The van der Waals surface area contributed by atoms with Crippen molar-refractivity contribution in [2.24, 2.45) is 11.8 Å². The third-order valence-corrected chi connectivity index (χ3v) is 3.44. The Balaban J connectivity index is 1.76. The average Bonchev–Trinajstić information content (AvgIpc) is 3.20. The average molecular weight is 294 g/mol. The minimum absolute atomic E-state index is 0.0544. The summed E-state index contributed by atoms with van der Waals surface area (Å²) in [6.45, 7) is -0.644. The van der Waals surface area contributed by atoms with E-state index in [-0.39, 0.29) is 18.4 Å². The first-order valence-electron chi connectivity index (χ1n) is 6.64. The molecule has 0 aromatic carbocycles. The van der Waals surface area contributed by atoms with Crippen molar-refractivity contribution in [1.29, 1.82) is 0 Å². The first-order valence-corrected chi connectivity index (χ1v) is 6.64. The van der Waals surface area contributed by atoms with Gasteiger partial charge in [0.2, 0.25) is 11.8 Å². The molecular weight excluding hydrogens is 277 g/mol. The summed E-state index contributed by atoms with van der Waals surface area (Å²) < 4.78 is 35.6. The molecule has 0 aromatic rings. The van der Waals surface area contributed by atoms with Gasteiger partial charge in [0.1, 0.15) is 0 Å². The molecule has 2 amide bonds. The molecule has 1 atom stereocenters. The lowest BCUT2D eigenvalue weighted by atomic mass is 9.97. The van der Waals surface area contributed by atoms with E-state index in [9.17, 15) is 22.8 Å². The number of nitrogens with one attached hydrogen (secondary N) is 1. The highest BCUT2D eigenvalue weighted by atomic mass is 19.4. The van der Waals surface area contributed by atoms with E-state index in [4.69, 9.17) is 0 Å². The first kappa shape index (κ1) is 15.1. The SMILES string of the molecule is O=C(NOCC(F)(F)F)C1CCCN(C(=O)C2CC2)C1. The topological polar surface area (TPSA) is 58.6 Å². The lowest BCUT2D eigenvalue weighted by Gasteiger charge is -2.32. The number of hydroxylamine groups is 1. The van der Waals surface area contributed by atoms with Gasteiger partial charge in [0, 0.05) is 19.0 Å². The van der Waals surface area contributed by atoms with E-state index < -0.39 is 24.6 Å². The number of rotatable bonds is 4. The maximum absolute atomic E-state index is 11.9. The third-order valence-electron chi connectivity index (χ3n) is 3.44. The lowest BCUT2D eigenvalue weighted by Crippen LogP contribution is -2.46. The van der Waals surface area contributed by atoms with Gasteiger partial charge in [-0.1, -0.05) is 0 Å². The molecule has 5 nitrogen and oxygen atoms in total. The zero-order valence-electron chi connectivity index (χ0n) is 10.9. The van der Waals surface area contributed by atoms with E-state index in [1.54, 1.807) is 4.90 Å². The van der Waals surface area contributed by atoms with Crippen molar-refractivity contribution in [3.63, 3.8) is 0 Å². The summed E-state index contributed by atoms with van der Waals surface area (Å²) in [5.41, 5.74) is 1.82. The van der Waals surface area contributed by atoms with E-state index in [0.717, 1.165) is 12.8 Å². The Kier molecular flexibility index (Phi) is 4.52. The Morgan fingerprint density at radius 2 is 1.90 bits per heavy atom. The van der Waals surface area contributed by atoms with E-state index >= 15 is 0 Å². The Morgan fingerprint density at radius 3 is 2.50 bits per heavy atom. The van der Waals surface area contributed by atoms with Crippen LogP contribution in [0.2, 0.25) is 0 Å². The number of piperidine rings is 1. The molecule has 1 saturated carbocycles. The van der Waals surface area contributed by atoms with Crippen LogP contribution in [0.5, 0.6) is 0 Å². The number of hydrogen-bond acceptors (Lipinski definition) is 3. The summed E-state index contributed by atoms with van der Waals surface area (Å²) in [5, 5.41) is 0. The molecule has 1 heterocycles. The Morgan fingerprint density at radius 1 is 1.20 bits per heavy atom.